The third kappa shape index (κ3) is 3.57. The Hall–Kier alpha value is -1.36. The van der Waals surface area contributed by atoms with Crippen molar-refractivity contribution in [1.82, 2.24) is 15.3 Å². The lowest BCUT2D eigenvalue weighted by Gasteiger charge is -2.05. The topological polar surface area (TPSA) is 56.3 Å². The number of nitrogens with one attached hydrogen (secondary N) is 1. The molecule has 0 saturated carbocycles. The molecule has 1 aromatic heterocycles. The highest BCUT2D eigenvalue weighted by Crippen LogP contribution is 2.08. The Morgan fingerprint density at radius 1 is 1.50 bits per heavy atom. The van der Waals surface area contributed by atoms with Gasteiger partial charge in [-0.3, -0.25) is 0 Å². The number of ether oxygens (including phenoxy) is 2. The highest BCUT2D eigenvalue weighted by atomic mass is 16.5. The first-order valence-corrected chi connectivity index (χ1v) is 4.57. The fraction of sp³-hybridized carbons (Fsp3) is 0.556. The summed E-state index contributed by atoms with van der Waals surface area (Å²) in [4.78, 5) is 7.95. The van der Waals surface area contributed by atoms with Gasteiger partial charge in [0, 0.05) is 18.8 Å². The normalized spacial score (nSPS) is 9.86. The average molecular weight is 197 g/mol. The molecule has 1 rings (SSSR count). The molecule has 0 amide bonds. The van der Waals surface area contributed by atoms with Crippen LogP contribution in [-0.2, 0) is 0 Å². The number of hydrogen-bond donors (Lipinski definition) is 1. The summed E-state index contributed by atoms with van der Waals surface area (Å²) in [5, 5.41) is 3.14. The molecule has 0 bridgehead atoms. The molecule has 0 aliphatic heterocycles. The first kappa shape index (κ1) is 10.7. The highest BCUT2D eigenvalue weighted by Gasteiger charge is 1.98. The number of rotatable bonds is 6. The van der Waals surface area contributed by atoms with Crippen molar-refractivity contribution in [3.63, 3.8) is 0 Å². The van der Waals surface area contributed by atoms with Crippen molar-refractivity contribution in [2.45, 2.75) is 6.92 Å². The van der Waals surface area contributed by atoms with Gasteiger partial charge in [0.1, 0.15) is 6.61 Å². The molecule has 1 N–H and O–H groups in total. The van der Waals surface area contributed by atoms with Crippen LogP contribution in [0.4, 0.5) is 0 Å². The molecule has 0 aliphatic carbocycles. The zero-order chi connectivity index (χ0) is 10.2. The number of hydrogen-bond acceptors (Lipinski definition) is 5. The van der Waals surface area contributed by atoms with Gasteiger partial charge < -0.3 is 14.8 Å². The van der Waals surface area contributed by atoms with E-state index in [2.05, 4.69) is 15.3 Å². The van der Waals surface area contributed by atoms with E-state index in [-0.39, 0.29) is 0 Å². The van der Waals surface area contributed by atoms with E-state index in [9.17, 15) is 0 Å². The molecule has 0 spiro atoms. The maximum atomic E-state index is 5.29. The fourth-order valence-electron chi connectivity index (χ4n) is 0.900. The standard InChI is InChI=1S/C9H15N3O2/c1-3-10-6-7-14-9-11-5-4-8(12-9)13-2/h4-5,10H,3,6-7H2,1-2H3. The monoisotopic (exact) mass is 197 g/mol. The minimum Gasteiger partial charge on any atom is -0.481 e. The van der Waals surface area contributed by atoms with Crippen LogP contribution >= 0.6 is 0 Å². The molecule has 1 aromatic rings. The third-order valence-electron chi connectivity index (χ3n) is 1.58. The molecule has 78 valence electrons. The molecule has 1 heterocycles. The van der Waals surface area contributed by atoms with Crippen LogP contribution in [-0.4, -0.2) is 36.8 Å². The van der Waals surface area contributed by atoms with Crippen LogP contribution in [0.3, 0.4) is 0 Å². The van der Waals surface area contributed by atoms with Crippen LogP contribution in [0.25, 0.3) is 0 Å². The number of methoxy groups -OCH3 is 1. The predicted octanol–water partition coefficient (Wildman–Crippen LogP) is 0.473. The van der Waals surface area contributed by atoms with Gasteiger partial charge in [0.05, 0.1) is 7.11 Å². The molecule has 0 aromatic carbocycles. The summed E-state index contributed by atoms with van der Waals surface area (Å²) < 4.78 is 10.2. The zero-order valence-corrected chi connectivity index (χ0v) is 8.49. The zero-order valence-electron chi connectivity index (χ0n) is 8.49. The Kier molecular flexibility index (Phi) is 4.71. The maximum absolute atomic E-state index is 5.29. The van der Waals surface area contributed by atoms with Crippen LogP contribution in [0.5, 0.6) is 11.9 Å². The van der Waals surface area contributed by atoms with Gasteiger partial charge in [0.25, 0.3) is 0 Å². The third-order valence-corrected chi connectivity index (χ3v) is 1.58. The van der Waals surface area contributed by atoms with Crippen LogP contribution in [0.2, 0.25) is 0 Å². The van der Waals surface area contributed by atoms with Gasteiger partial charge in [-0.1, -0.05) is 6.92 Å². The van der Waals surface area contributed by atoms with E-state index >= 15 is 0 Å². The number of aromatic nitrogens is 2. The molecule has 0 aliphatic rings. The van der Waals surface area contributed by atoms with Gasteiger partial charge in [0.15, 0.2) is 0 Å². The van der Waals surface area contributed by atoms with E-state index in [1.54, 1.807) is 19.4 Å². The van der Waals surface area contributed by atoms with Crippen LogP contribution in [0.1, 0.15) is 6.92 Å². The number of nitrogens with zero attached hydrogens (tertiary/aromatic N) is 2. The molecule has 0 fully saturated rings. The summed E-state index contributed by atoms with van der Waals surface area (Å²) in [6, 6.07) is 2.03. The molecule has 0 radical (unpaired) electrons. The first-order valence-electron chi connectivity index (χ1n) is 4.57. The molecule has 0 unspecified atom stereocenters. The van der Waals surface area contributed by atoms with E-state index in [1.807, 2.05) is 6.92 Å². The van der Waals surface area contributed by atoms with Crippen molar-refractivity contribution in [3.05, 3.63) is 12.3 Å². The van der Waals surface area contributed by atoms with Gasteiger partial charge in [-0.25, -0.2) is 4.98 Å². The van der Waals surface area contributed by atoms with Gasteiger partial charge in [-0.15, -0.1) is 0 Å². The van der Waals surface area contributed by atoms with Crippen molar-refractivity contribution >= 4 is 0 Å². The predicted molar refractivity (Wildman–Crippen MR) is 52.6 cm³/mol. The molecular formula is C9H15N3O2. The molecule has 14 heavy (non-hydrogen) atoms. The summed E-state index contributed by atoms with van der Waals surface area (Å²) in [7, 11) is 1.56. The van der Waals surface area contributed by atoms with Crippen molar-refractivity contribution in [2.75, 3.05) is 26.8 Å². The summed E-state index contributed by atoms with van der Waals surface area (Å²) in [5.74, 6) is 0.512. The maximum Gasteiger partial charge on any atom is 0.319 e. The first-order chi connectivity index (χ1) is 6.86. The minimum absolute atomic E-state index is 0.349. The lowest BCUT2D eigenvalue weighted by Crippen LogP contribution is -2.20. The van der Waals surface area contributed by atoms with Gasteiger partial charge >= 0.3 is 6.01 Å². The second kappa shape index (κ2) is 6.15. The van der Waals surface area contributed by atoms with Crippen LogP contribution < -0.4 is 14.8 Å². The lowest BCUT2D eigenvalue weighted by molar-refractivity contribution is 0.283. The largest absolute Gasteiger partial charge is 0.481 e. The van der Waals surface area contributed by atoms with E-state index in [1.165, 1.54) is 0 Å². The Morgan fingerprint density at radius 2 is 2.36 bits per heavy atom. The van der Waals surface area contributed by atoms with E-state index < -0.39 is 0 Å². The minimum atomic E-state index is 0.349. The molecule has 5 heteroatoms. The quantitative estimate of drug-likeness (QED) is 0.672. The molecular weight excluding hydrogens is 182 g/mol. The molecule has 5 nitrogen and oxygen atoms in total. The summed E-state index contributed by atoms with van der Waals surface area (Å²) in [6.07, 6.45) is 1.61. The van der Waals surface area contributed by atoms with Crippen LogP contribution in [0, 0.1) is 0 Å². The second-order valence-electron chi connectivity index (χ2n) is 2.58. The van der Waals surface area contributed by atoms with Gasteiger partial charge in [-0.05, 0) is 6.54 Å². The number of likely N-dealkylation sites (N-methyl/N-ethyl adjacent to an activating group) is 1. The highest BCUT2D eigenvalue weighted by molar-refractivity contribution is 5.10. The molecule has 0 saturated heterocycles. The summed E-state index contributed by atoms with van der Waals surface area (Å²) in [6.45, 7) is 4.32. The van der Waals surface area contributed by atoms with Crippen molar-refractivity contribution in [3.8, 4) is 11.9 Å². The van der Waals surface area contributed by atoms with Crippen molar-refractivity contribution in [2.24, 2.45) is 0 Å². The van der Waals surface area contributed by atoms with Gasteiger partial charge in [0.2, 0.25) is 5.88 Å². The Morgan fingerprint density at radius 3 is 3.07 bits per heavy atom. The summed E-state index contributed by atoms with van der Waals surface area (Å²) >= 11 is 0. The Balaban J connectivity index is 2.34. The van der Waals surface area contributed by atoms with Crippen LogP contribution in [0.15, 0.2) is 12.3 Å². The SMILES string of the molecule is CCNCCOc1nccc(OC)n1. The van der Waals surface area contributed by atoms with E-state index in [4.69, 9.17) is 9.47 Å². The Labute approximate surface area is 83.5 Å². The Bertz CT molecular complexity index is 268. The average Bonchev–Trinajstić information content (AvgIpc) is 2.25. The van der Waals surface area contributed by atoms with Crippen molar-refractivity contribution in [1.29, 1.82) is 0 Å². The summed E-state index contributed by atoms with van der Waals surface area (Å²) in [5.41, 5.74) is 0. The second-order valence-corrected chi connectivity index (χ2v) is 2.58. The van der Waals surface area contributed by atoms with Crippen molar-refractivity contribution < 1.29 is 9.47 Å². The van der Waals surface area contributed by atoms with Gasteiger partial charge in [-0.2, -0.15) is 4.98 Å². The fourth-order valence-corrected chi connectivity index (χ4v) is 0.900. The lowest BCUT2D eigenvalue weighted by atomic mass is 10.6. The smallest absolute Gasteiger partial charge is 0.319 e. The molecule has 0 atom stereocenters. The van der Waals surface area contributed by atoms with E-state index in [0.717, 1.165) is 13.1 Å². The van der Waals surface area contributed by atoms with E-state index in [0.29, 0.717) is 18.5 Å².